The van der Waals surface area contributed by atoms with Crippen molar-refractivity contribution in [2.45, 2.75) is 17.9 Å². The maximum atomic E-state index is 13.1. The lowest BCUT2D eigenvalue weighted by atomic mass is 10.0. The predicted octanol–water partition coefficient (Wildman–Crippen LogP) is 2.65. The van der Waals surface area contributed by atoms with Gasteiger partial charge in [-0.05, 0) is 42.3 Å². The van der Waals surface area contributed by atoms with Crippen LogP contribution >= 0.6 is 0 Å². The lowest BCUT2D eigenvalue weighted by Crippen LogP contribution is -2.35. The Labute approximate surface area is 156 Å². The molecule has 2 aromatic carbocycles. The Balaban J connectivity index is 1.49. The van der Waals surface area contributed by atoms with Gasteiger partial charge < -0.3 is 19.2 Å². The van der Waals surface area contributed by atoms with Crippen molar-refractivity contribution in [3.8, 4) is 17.2 Å². The molecule has 7 nitrogen and oxygen atoms in total. The molecule has 2 aliphatic rings. The zero-order valence-electron chi connectivity index (χ0n) is 14.7. The van der Waals surface area contributed by atoms with E-state index in [0.29, 0.717) is 31.0 Å². The Morgan fingerprint density at radius 3 is 2.81 bits per heavy atom. The van der Waals surface area contributed by atoms with Gasteiger partial charge in [-0.1, -0.05) is 0 Å². The first-order valence-electron chi connectivity index (χ1n) is 8.63. The number of aromatic nitrogens is 1. The summed E-state index contributed by atoms with van der Waals surface area (Å²) in [6.45, 7) is 0.849. The van der Waals surface area contributed by atoms with Crippen LogP contribution in [0.1, 0.15) is 11.3 Å². The average molecular weight is 386 g/mol. The minimum atomic E-state index is -3.62. The van der Waals surface area contributed by atoms with E-state index in [9.17, 15) is 8.42 Å². The summed E-state index contributed by atoms with van der Waals surface area (Å²) in [4.78, 5) is 3.57. The summed E-state index contributed by atoms with van der Waals surface area (Å²) in [5.74, 6) is 1.82. The van der Waals surface area contributed by atoms with Crippen LogP contribution in [-0.2, 0) is 23.0 Å². The van der Waals surface area contributed by atoms with Crippen molar-refractivity contribution in [2.24, 2.45) is 0 Å². The Morgan fingerprint density at radius 1 is 1.11 bits per heavy atom. The molecule has 0 radical (unpaired) electrons. The highest BCUT2D eigenvalue weighted by molar-refractivity contribution is 7.89. The van der Waals surface area contributed by atoms with Crippen molar-refractivity contribution in [3.05, 3.63) is 47.7 Å². The molecule has 0 amide bonds. The van der Waals surface area contributed by atoms with Crippen LogP contribution in [-0.4, -0.2) is 38.2 Å². The van der Waals surface area contributed by atoms with Gasteiger partial charge in [-0.15, -0.1) is 0 Å². The molecule has 5 rings (SSSR count). The molecule has 1 aromatic heterocycles. The fourth-order valence-electron chi connectivity index (χ4n) is 3.71. The van der Waals surface area contributed by atoms with E-state index < -0.39 is 10.0 Å². The molecule has 0 fully saturated rings. The van der Waals surface area contributed by atoms with Gasteiger partial charge in [0.05, 0.1) is 18.6 Å². The van der Waals surface area contributed by atoms with E-state index >= 15 is 0 Å². The van der Waals surface area contributed by atoms with Gasteiger partial charge in [0.25, 0.3) is 0 Å². The molecule has 0 atom stereocenters. The monoisotopic (exact) mass is 386 g/mol. The number of nitrogens with zero attached hydrogens (tertiary/aromatic N) is 1. The van der Waals surface area contributed by atoms with Crippen molar-refractivity contribution in [2.75, 3.05) is 20.4 Å². The molecular formula is C19H18N2O5S. The summed E-state index contributed by atoms with van der Waals surface area (Å²) in [5, 5.41) is 1.09. The molecule has 0 unspecified atom stereocenters. The number of benzene rings is 2. The van der Waals surface area contributed by atoms with Gasteiger partial charge in [-0.2, -0.15) is 4.31 Å². The van der Waals surface area contributed by atoms with Gasteiger partial charge >= 0.3 is 0 Å². The van der Waals surface area contributed by atoms with Crippen molar-refractivity contribution in [3.63, 3.8) is 0 Å². The van der Waals surface area contributed by atoms with Crippen LogP contribution in [0, 0.1) is 0 Å². The first kappa shape index (κ1) is 16.5. The van der Waals surface area contributed by atoms with Crippen LogP contribution in [0.25, 0.3) is 10.9 Å². The number of ether oxygens (including phenoxy) is 3. The molecular weight excluding hydrogens is 368 g/mol. The molecule has 0 saturated heterocycles. The molecule has 2 aliphatic heterocycles. The second-order valence-electron chi connectivity index (χ2n) is 6.60. The molecule has 1 N–H and O–H groups in total. The van der Waals surface area contributed by atoms with Crippen molar-refractivity contribution < 1.29 is 22.6 Å². The summed E-state index contributed by atoms with van der Waals surface area (Å²) in [7, 11) is -1.98. The second kappa shape index (κ2) is 5.90. The molecule has 0 bridgehead atoms. The summed E-state index contributed by atoms with van der Waals surface area (Å²) in [6, 6.07) is 10.6. The smallest absolute Gasteiger partial charge is 0.243 e. The fourth-order valence-corrected chi connectivity index (χ4v) is 5.14. The molecule has 3 heterocycles. The average Bonchev–Trinajstić information content (AvgIpc) is 3.30. The maximum Gasteiger partial charge on any atom is 0.243 e. The van der Waals surface area contributed by atoms with Gasteiger partial charge in [-0.25, -0.2) is 8.42 Å². The number of aromatic amines is 1. The normalized spacial score (nSPS) is 16.5. The van der Waals surface area contributed by atoms with Gasteiger partial charge in [-0.3, -0.25) is 0 Å². The van der Waals surface area contributed by atoms with Gasteiger partial charge in [0.15, 0.2) is 11.5 Å². The SMILES string of the molecule is COc1ccc2[nH]c3c(c2c1)CCN(S(=O)(=O)c1ccc2c(c1)OCO2)C3. The largest absolute Gasteiger partial charge is 0.497 e. The summed E-state index contributed by atoms with van der Waals surface area (Å²) < 4.78 is 43.6. The van der Waals surface area contributed by atoms with E-state index in [4.69, 9.17) is 14.2 Å². The number of fused-ring (bicyclic) bond motifs is 4. The number of hydrogen-bond acceptors (Lipinski definition) is 5. The predicted molar refractivity (Wildman–Crippen MR) is 98.7 cm³/mol. The Morgan fingerprint density at radius 2 is 1.96 bits per heavy atom. The molecule has 0 aliphatic carbocycles. The number of hydrogen-bond donors (Lipinski definition) is 1. The van der Waals surface area contributed by atoms with Gasteiger partial charge in [0, 0.05) is 29.2 Å². The Kier molecular flexibility index (Phi) is 3.60. The first-order valence-corrected chi connectivity index (χ1v) is 10.1. The molecule has 3 aromatic rings. The summed E-state index contributed by atoms with van der Waals surface area (Å²) in [5.41, 5.74) is 3.07. The molecule has 8 heteroatoms. The third-order valence-electron chi connectivity index (χ3n) is 5.13. The summed E-state index contributed by atoms with van der Waals surface area (Å²) >= 11 is 0. The fraction of sp³-hybridized carbons (Fsp3) is 0.263. The molecule has 140 valence electrons. The van der Waals surface area contributed by atoms with E-state index in [1.165, 1.54) is 10.4 Å². The standard InChI is InChI=1S/C19H18N2O5S/c1-24-12-2-4-16-15(8-12)14-6-7-21(10-17(14)20-16)27(22,23)13-3-5-18-19(9-13)26-11-25-18/h2-5,8-9,20H,6-7,10-11H2,1H3. The second-order valence-corrected chi connectivity index (χ2v) is 8.54. The van der Waals surface area contributed by atoms with Crippen molar-refractivity contribution in [1.29, 1.82) is 0 Å². The van der Waals surface area contributed by atoms with Crippen molar-refractivity contribution in [1.82, 2.24) is 9.29 Å². The van der Waals surface area contributed by atoms with Crippen LogP contribution in [0.2, 0.25) is 0 Å². The van der Waals surface area contributed by atoms with Crippen LogP contribution in [0.4, 0.5) is 0 Å². The van der Waals surface area contributed by atoms with E-state index in [-0.39, 0.29) is 11.7 Å². The number of H-pyrrole nitrogens is 1. The van der Waals surface area contributed by atoms with E-state index in [0.717, 1.165) is 27.9 Å². The molecule has 0 spiro atoms. The zero-order chi connectivity index (χ0) is 18.6. The first-order chi connectivity index (χ1) is 13.1. The zero-order valence-corrected chi connectivity index (χ0v) is 15.5. The highest BCUT2D eigenvalue weighted by Gasteiger charge is 2.31. The highest BCUT2D eigenvalue weighted by atomic mass is 32.2. The van der Waals surface area contributed by atoms with E-state index in [1.54, 1.807) is 19.2 Å². The molecule has 27 heavy (non-hydrogen) atoms. The third kappa shape index (κ3) is 2.55. The van der Waals surface area contributed by atoms with Crippen LogP contribution < -0.4 is 14.2 Å². The van der Waals surface area contributed by atoms with Crippen molar-refractivity contribution >= 4 is 20.9 Å². The minimum Gasteiger partial charge on any atom is -0.497 e. The lowest BCUT2D eigenvalue weighted by Gasteiger charge is -2.26. The van der Waals surface area contributed by atoms with Crippen LogP contribution in [0.3, 0.4) is 0 Å². The quantitative estimate of drug-likeness (QED) is 0.749. The minimum absolute atomic E-state index is 0.116. The van der Waals surface area contributed by atoms with E-state index in [2.05, 4.69) is 4.98 Å². The number of methoxy groups -OCH3 is 1. The van der Waals surface area contributed by atoms with Crippen LogP contribution in [0.5, 0.6) is 17.2 Å². The summed E-state index contributed by atoms with van der Waals surface area (Å²) in [6.07, 6.45) is 0.645. The van der Waals surface area contributed by atoms with E-state index in [1.807, 2.05) is 18.2 Å². The third-order valence-corrected chi connectivity index (χ3v) is 6.97. The maximum absolute atomic E-state index is 13.1. The van der Waals surface area contributed by atoms with Crippen LogP contribution in [0.15, 0.2) is 41.3 Å². The number of nitrogens with one attached hydrogen (secondary N) is 1. The Bertz CT molecular complexity index is 1150. The lowest BCUT2D eigenvalue weighted by molar-refractivity contribution is 0.174. The number of sulfonamides is 1. The topological polar surface area (TPSA) is 80.9 Å². The van der Waals surface area contributed by atoms with Gasteiger partial charge in [0.2, 0.25) is 16.8 Å². The molecule has 0 saturated carbocycles. The Hall–Kier alpha value is -2.71. The number of rotatable bonds is 3. The van der Waals surface area contributed by atoms with Gasteiger partial charge in [0.1, 0.15) is 5.75 Å². The highest BCUT2D eigenvalue weighted by Crippen LogP contribution is 2.36.